The number of benzene rings is 2. The van der Waals surface area contributed by atoms with Gasteiger partial charge in [-0.3, -0.25) is 4.79 Å². The lowest BCUT2D eigenvalue weighted by Crippen LogP contribution is -2.16. The SMILES string of the molecule is Cc1c(Cl)cccc1Nc1nnc(SCC(=O)Nc2ccccc2S(C)(=O)=O)s1. The first kappa shape index (κ1) is 21.6. The molecule has 0 saturated heterocycles. The maximum Gasteiger partial charge on any atom is 0.234 e. The van der Waals surface area contributed by atoms with Crippen LogP contribution in [0.1, 0.15) is 5.56 Å². The number of nitrogens with one attached hydrogen (secondary N) is 2. The lowest BCUT2D eigenvalue weighted by molar-refractivity contribution is -0.113. The van der Waals surface area contributed by atoms with Crippen LogP contribution >= 0.6 is 34.7 Å². The van der Waals surface area contributed by atoms with Gasteiger partial charge in [-0.2, -0.15) is 0 Å². The number of para-hydroxylation sites is 1. The van der Waals surface area contributed by atoms with Crippen molar-refractivity contribution < 1.29 is 13.2 Å². The smallest absolute Gasteiger partial charge is 0.234 e. The fourth-order valence-electron chi connectivity index (χ4n) is 2.38. The van der Waals surface area contributed by atoms with Crippen molar-refractivity contribution in [1.29, 1.82) is 0 Å². The molecule has 0 radical (unpaired) electrons. The van der Waals surface area contributed by atoms with Crippen LogP contribution in [-0.4, -0.2) is 36.5 Å². The van der Waals surface area contributed by atoms with Gasteiger partial charge in [-0.1, -0.05) is 52.9 Å². The Kier molecular flexibility index (Phi) is 6.78. The molecule has 152 valence electrons. The first-order valence-electron chi connectivity index (χ1n) is 8.31. The van der Waals surface area contributed by atoms with Crippen LogP contribution in [0, 0.1) is 6.92 Å². The second-order valence-electron chi connectivity index (χ2n) is 6.02. The minimum absolute atomic E-state index is 0.0723. The highest BCUT2D eigenvalue weighted by Gasteiger charge is 2.15. The van der Waals surface area contributed by atoms with Crippen molar-refractivity contribution in [1.82, 2.24) is 10.2 Å². The molecule has 0 saturated carbocycles. The molecule has 1 aromatic heterocycles. The molecule has 1 amide bonds. The molecule has 1 heterocycles. The van der Waals surface area contributed by atoms with Crippen molar-refractivity contribution in [2.45, 2.75) is 16.2 Å². The zero-order valence-electron chi connectivity index (χ0n) is 15.5. The van der Waals surface area contributed by atoms with Gasteiger partial charge < -0.3 is 10.6 Å². The summed E-state index contributed by atoms with van der Waals surface area (Å²) in [7, 11) is -3.44. The molecule has 0 aliphatic carbocycles. The second-order valence-corrected chi connectivity index (χ2v) is 10.6. The summed E-state index contributed by atoms with van der Waals surface area (Å²) in [6, 6.07) is 11.8. The molecule has 0 spiro atoms. The molecule has 29 heavy (non-hydrogen) atoms. The van der Waals surface area contributed by atoms with E-state index in [0.29, 0.717) is 14.5 Å². The summed E-state index contributed by atoms with van der Waals surface area (Å²) in [6.07, 6.45) is 1.10. The van der Waals surface area contributed by atoms with Gasteiger partial charge in [0.25, 0.3) is 0 Å². The quantitative estimate of drug-likeness (QED) is 0.496. The first-order valence-corrected chi connectivity index (χ1v) is 12.4. The number of carbonyl (C=O) groups is 1. The molecule has 11 heteroatoms. The Morgan fingerprint density at radius 3 is 2.62 bits per heavy atom. The van der Waals surface area contributed by atoms with Crippen LogP contribution in [0.3, 0.4) is 0 Å². The number of anilines is 3. The van der Waals surface area contributed by atoms with Crippen LogP contribution in [0.5, 0.6) is 0 Å². The number of halogens is 1. The van der Waals surface area contributed by atoms with Gasteiger partial charge in [0.05, 0.1) is 16.3 Å². The predicted molar refractivity (Wildman–Crippen MR) is 118 cm³/mol. The average molecular weight is 469 g/mol. The van der Waals surface area contributed by atoms with Gasteiger partial charge in [-0.05, 0) is 36.8 Å². The van der Waals surface area contributed by atoms with E-state index in [1.54, 1.807) is 18.2 Å². The Hall–Kier alpha value is -2.14. The number of hydrogen-bond donors (Lipinski definition) is 2. The molecule has 0 bridgehead atoms. The average Bonchev–Trinajstić information content (AvgIpc) is 3.11. The molecule has 7 nitrogen and oxygen atoms in total. The third kappa shape index (κ3) is 5.69. The number of nitrogens with zero attached hydrogens (tertiary/aromatic N) is 2. The van der Waals surface area contributed by atoms with Crippen LogP contribution < -0.4 is 10.6 Å². The summed E-state index contributed by atoms with van der Waals surface area (Å²) in [5, 5.41) is 15.2. The summed E-state index contributed by atoms with van der Waals surface area (Å²) < 4.78 is 24.3. The fourth-order valence-corrected chi connectivity index (χ4v) is 4.97. The molecule has 3 aromatic rings. The van der Waals surface area contributed by atoms with Crippen LogP contribution in [-0.2, 0) is 14.6 Å². The van der Waals surface area contributed by atoms with Gasteiger partial charge in [0.1, 0.15) is 0 Å². The second kappa shape index (κ2) is 9.12. The Morgan fingerprint density at radius 2 is 1.86 bits per heavy atom. The van der Waals surface area contributed by atoms with Crippen molar-refractivity contribution in [2.24, 2.45) is 0 Å². The molecule has 0 unspecified atom stereocenters. The normalized spacial score (nSPS) is 11.3. The number of aromatic nitrogens is 2. The van der Waals surface area contributed by atoms with Crippen LogP contribution in [0.25, 0.3) is 0 Å². The van der Waals surface area contributed by atoms with Crippen molar-refractivity contribution >= 4 is 67.0 Å². The maximum atomic E-state index is 12.2. The van der Waals surface area contributed by atoms with Crippen LogP contribution in [0.2, 0.25) is 5.02 Å². The molecular formula is C18H17ClN4O3S3. The van der Waals surface area contributed by atoms with E-state index in [2.05, 4.69) is 20.8 Å². The minimum Gasteiger partial charge on any atom is -0.330 e. The van der Waals surface area contributed by atoms with E-state index in [9.17, 15) is 13.2 Å². The molecular weight excluding hydrogens is 452 g/mol. The van der Waals surface area contributed by atoms with Crippen LogP contribution in [0.15, 0.2) is 51.7 Å². The molecule has 0 aliphatic heterocycles. The standard InChI is InChI=1S/C18H17ClN4O3S3/c1-11-12(19)6-5-8-13(11)21-17-22-23-18(28-17)27-10-16(24)20-14-7-3-4-9-15(14)29(2,25)26/h3-9H,10H2,1-2H3,(H,20,24)(H,21,22). The fraction of sp³-hybridized carbons (Fsp3) is 0.167. The Labute approximate surface area is 181 Å². The van der Waals surface area contributed by atoms with Crippen molar-refractivity contribution in [3.05, 3.63) is 53.1 Å². The summed E-state index contributed by atoms with van der Waals surface area (Å²) in [5.74, 6) is -0.260. The van der Waals surface area contributed by atoms with E-state index in [-0.39, 0.29) is 22.2 Å². The van der Waals surface area contributed by atoms with Crippen LogP contribution in [0.4, 0.5) is 16.5 Å². The largest absolute Gasteiger partial charge is 0.330 e. The lowest BCUT2D eigenvalue weighted by Gasteiger charge is -2.09. The number of amides is 1. The number of carbonyl (C=O) groups excluding carboxylic acids is 1. The zero-order chi connectivity index (χ0) is 21.0. The monoisotopic (exact) mass is 468 g/mol. The van der Waals surface area contributed by atoms with Crippen molar-refractivity contribution in [3.63, 3.8) is 0 Å². The van der Waals surface area contributed by atoms with E-state index < -0.39 is 9.84 Å². The first-order chi connectivity index (χ1) is 13.7. The summed E-state index contributed by atoms with van der Waals surface area (Å²) in [5.41, 5.74) is 2.00. The highest BCUT2D eigenvalue weighted by molar-refractivity contribution is 8.01. The highest BCUT2D eigenvalue weighted by atomic mass is 35.5. The van der Waals surface area contributed by atoms with Gasteiger partial charge in [0, 0.05) is 17.0 Å². The number of rotatable bonds is 7. The molecule has 0 atom stereocenters. The Morgan fingerprint density at radius 1 is 1.14 bits per heavy atom. The molecule has 0 fully saturated rings. The van der Waals surface area contributed by atoms with Gasteiger partial charge in [0.2, 0.25) is 11.0 Å². The summed E-state index contributed by atoms with van der Waals surface area (Å²) in [4.78, 5) is 12.3. The zero-order valence-corrected chi connectivity index (χ0v) is 18.7. The van der Waals surface area contributed by atoms with E-state index >= 15 is 0 Å². The van der Waals surface area contributed by atoms with E-state index in [1.807, 2.05) is 25.1 Å². The lowest BCUT2D eigenvalue weighted by atomic mass is 10.2. The maximum absolute atomic E-state index is 12.2. The van der Waals surface area contributed by atoms with Gasteiger partial charge >= 0.3 is 0 Å². The molecule has 0 aliphatic rings. The highest BCUT2D eigenvalue weighted by Crippen LogP contribution is 2.31. The number of thioether (sulfide) groups is 1. The van der Waals surface area contributed by atoms with Gasteiger partial charge in [-0.25, -0.2) is 8.42 Å². The van der Waals surface area contributed by atoms with Crippen molar-refractivity contribution in [3.8, 4) is 0 Å². The van der Waals surface area contributed by atoms with E-state index in [4.69, 9.17) is 11.6 Å². The number of hydrogen-bond acceptors (Lipinski definition) is 8. The summed E-state index contributed by atoms with van der Waals surface area (Å²) >= 11 is 8.64. The predicted octanol–water partition coefficient (Wildman–Crippen LogP) is 4.38. The third-order valence-electron chi connectivity index (χ3n) is 3.80. The minimum atomic E-state index is -3.44. The summed E-state index contributed by atoms with van der Waals surface area (Å²) in [6.45, 7) is 1.90. The van der Waals surface area contributed by atoms with Gasteiger partial charge in [-0.15, -0.1) is 10.2 Å². The number of sulfone groups is 1. The molecule has 2 N–H and O–H groups in total. The Bertz CT molecular complexity index is 1150. The molecule has 2 aromatic carbocycles. The topological polar surface area (TPSA) is 101 Å². The molecule has 3 rings (SSSR count). The van der Waals surface area contributed by atoms with E-state index in [0.717, 1.165) is 17.5 Å². The third-order valence-corrected chi connectivity index (χ3v) is 7.34. The van der Waals surface area contributed by atoms with Gasteiger partial charge in [0.15, 0.2) is 14.2 Å². The van der Waals surface area contributed by atoms with E-state index in [1.165, 1.54) is 29.2 Å². The Balaban J connectivity index is 1.60. The van der Waals surface area contributed by atoms with Crippen molar-refractivity contribution in [2.75, 3.05) is 22.6 Å².